The lowest BCUT2D eigenvalue weighted by atomic mass is 10.1. The summed E-state index contributed by atoms with van der Waals surface area (Å²) in [6.07, 6.45) is 2.47. The molecular formula is C12H24N2O2S2. The van der Waals surface area contributed by atoms with E-state index < -0.39 is 10.8 Å². The van der Waals surface area contributed by atoms with Crippen LogP contribution in [0, 0.1) is 5.92 Å². The maximum absolute atomic E-state index is 11.9. The van der Waals surface area contributed by atoms with Gasteiger partial charge in [-0.3, -0.25) is 4.21 Å². The molecule has 2 amide bonds. The fourth-order valence-electron chi connectivity index (χ4n) is 1.85. The monoisotopic (exact) mass is 292 g/mol. The molecule has 0 saturated carbocycles. The van der Waals surface area contributed by atoms with Crippen molar-refractivity contribution in [1.29, 1.82) is 0 Å². The largest absolute Gasteiger partial charge is 0.338 e. The maximum atomic E-state index is 11.9. The SMILES string of the molecule is CC(C)[C@H]1CN(C(=O)NCCC[S@](C)=O)CCS1. The second-order valence-electron chi connectivity index (χ2n) is 4.96. The molecule has 0 aliphatic carbocycles. The average molecular weight is 292 g/mol. The van der Waals surface area contributed by atoms with Gasteiger partial charge in [-0.05, 0) is 12.3 Å². The van der Waals surface area contributed by atoms with E-state index in [0.29, 0.717) is 23.5 Å². The van der Waals surface area contributed by atoms with Gasteiger partial charge in [0.2, 0.25) is 0 Å². The zero-order valence-electron chi connectivity index (χ0n) is 11.5. The summed E-state index contributed by atoms with van der Waals surface area (Å²) in [4.78, 5) is 13.8. The van der Waals surface area contributed by atoms with Crippen molar-refractivity contribution in [2.75, 3.05) is 37.4 Å². The number of carbonyl (C=O) groups excluding carboxylic acids is 1. The van der Waals surface area contributed by atoms with Crippen molar-refractivity contribution >= 4 is 28.6 Å². The summed E-state index contributed by atoms with van der Waals surface area (Å²) in [5.74, 6) is 2.29. The first kappa shape index (κ1) is 15.8. The van der Waals surface area contributed by atoms with Crippen molar-refractivity contribution in [1.82, 2.24) is 10.2 Å². The Balaban J connectivity index is 2.26. The number of urea groups is 1. The molecule has 2 atom stereocenters. The number of nitrogens with one attached hydrogen (secondary N) is 1. The van der Waals surface area contributed by atoms with Crippen molar-refractivity contribution in [2.45, 2.75) is 25.5 Å². The van der Waals surface area contributed by atoms with Crippen molar-refractivity contribution in [3.8, 4) is 0 Å². The lowest BCUT2D eigenvalue weighted by Gasteiger charge is -2.34. The Hall–Kier alpha value is -0.230. The first-order chi connectivity index (χ1) is 8.50. The van der Waals surface area contributed by atoms with Crippen molar-refractivity contribution < 1.29 is 9.00 Å². The predicted octanol–water partition coefficient (Wildman–Crippen LogP) is 1.54. The molecule has 1 rings (SSSR count). The number of thioether (sulfide) groups is 1. The number of hydrogen-bond acceptors (Lipinski definition) is 3. The molecule has 1 aliphatic heterocycles. The maximum Gasteiger partial charge on any atom is 0.317 e. The van der Waals surface area contributed by atoms with E-state index in [2.05, 4.69) is 19.2 Å². The molecule has 0 aromatic rings. The minimum absolute atomic E-state index is 0.0304. The van der Waals surface area contributed by atoms with Crippen molar-refractivity contribution in [3.63, 3.8) is 0 Å². The van der Waals surface area contributed by atoms with Gasteiger partial charge in [-0.2, -0.15) is 11.8 Å². The number of rotatable bonds is 5. The van der Waals surface area contributed by atoms with Gasteiger partial charge in [0.15, 0.2) is 0 Å². The molecular weight excluding hydrogens is 268 g/mol. The van der Waals surface area contributed by atoms with Gasteiger partial charge < -0.3 is 10.2 Å². The van der Waals surface area contributed by atoms with Crippen LogP contribution in [0.25, 0.3) is 0 Å². The minimum Gasteiger partial charge on any atom is -0.338 e. The van der Waals surface area contributed by atoms with Crippen LogP contribution in [0.15, 0.2) is 0 Å². The molecule has 1 saturated heterocycles. The third-order valence-electron chi connectivity index (χ3n) is 3.01. The Morgan fingerprint density at radius 2 is 2.28 bits per heavy atom. The van der Waals surface area contributed by atoms with Crippen LogP contribution in [0.2, 0.25) is 0 Å². The lowest BCUT2D eigenvalue weighted by molar-refractivity contribution is 0.197. The van der Waals surface area contributed by atoms with Gasteiger partial charge in [0.1, 0.15) is 0 Å². The predicted molar refractivity (Wildman–Crippen MR) is 79.6 cm³/mol. The molecule has 1 heterocycles. The van der Waals surface area contributed by atoms with E-state index >= 15 is 0 Å². The molecule has 1 N–H and O–H groups in total. The van der Waals surface area contributed by atoms with Gasteiger partial charge in [-0.25, -0.2) is 4.79 Å². The zero-order chi connectivity index (χ0) is 13.5. The van der Waals surface area contributed by atoms with Gasteiger partial charge in [-0.1, -0.05) is 13.8 Å². The second kappa shape index (κ2) is 8.04. The molecule has 1 aliphatic rings. The summed E-state index contributed by atoms with van der Waals surface area (Å²) in [5.41, 5.74) is 0. The summed E-state index contributed by atoms with van der Waals surface area (Å²) >= 11 is 1.96. The van der Waals surface area contributed by atoms with Crippen LogP contribution in [-0.4, -0.2) is 57.8 Å². The van der Waals surface area contributed by atoms with Crippen LogP contribution in [0.1, 0.15) is 20.3 Å². The van der Waals surface area contributed by atoms with Crippen molar-refractivity contribution in [2.24, 2.45) is 5.92 Å². The van der Waals surface area contributed by atoms with E-state index in [4.69, 9.17) is 0 Å². The van der Waals surface area contributed by atoms with Gasteiger partial charge in [-0.15, -0.1) is 0 Å². The highest BCUT2D eigenvalue weighted by atomic mass is 32.2. The molecule has 18 heavy (non-hydrogen) atoms. The average Bonchev–Trinajstić information content (AvgIpc) is 2.34. The summed E-state index contributed by atoms with van der Waals surface area (Å²) in [5, 5.41) is 3.46. The Kier molecular flexibility index (Phi) is 7.07. The highest BCUT2D eigenvalue weighted by Gasteiger charge is 2.25. The molecule has 6 heteroatoms. The molecule has 106 valence electrons. The second-order valence-corrected chi connectivity index (χ2v) is 7.86. The van der Waals surface area contributed by atoms with E-state index in [9.17, 15) is 9.00 Å². The topological polar surface area (TPSA) is 49.4 Å². The van der Waals surface area contributed by atoms with Crippen LogP contribution < -0.4 is 5.32 Å². The first-order valence-corrected chi connectivity index (χ1v) is 9.22. The first-order valence-electron chi connectivity index (χ1n) is 6.45. The van der Waals surface area contributed by atoms with Crippen LogP contribution in [0.5, 0.6) is 0 Å². The molecule has 0 aromatic carbocycles. The summed E-state index contributed by atoms with van der Waals surface area (Å²) in [6, 6.07) is 0.0304. The van der Waals surface area contributed by atoms with Crippen molar-refractivity contribution in [3.05, 3.63) is 0 Å². The van der Waals surface area contributed by atoms with E-state index in [1.807, 2.05) is 16.7 Å². The third kappa shape index (κ3) is 5.61. The Morgan fingerprint density at radius 3 is 2.89 bits per heavy atom. The zero-order valence-corrected chi connectivity index (χ0v) is 13.1. The highest BCUT2D eigenvalue weighted by Crippen LogP contribution is 2.24. The van der Waals surface area contributed by atoms with Gasteiger partial charge in [0.25, 0.3) is 0 Å². The normalized spacial score (nSPS) is 22.0. The molecule has 0 unspecified atom stereocenters. The summed E-state index contributed by atoms with van der Waals surface area (Å²) < 4.78 is 10.9. The molecule has 0 bridgehead atoms. The van der Waals surface area contributed by atoms with E-state index in [-0.39, 0.29) is 6.03 Å². The fourth-order valence-corrected chi connectivity index (χ4v) is 3.70. The van der Waals surface area contributed by atoms with Crippen LogP contribution in [0.4, 0.5) is 4.79 Å². The highest BCUT2D eigenvalue weighted by molar-refractivity contribution is 8.00. The standard InChI is InChI=1S/C12H24N2O2S2/c1-10(2)11-9-14(6-7-17-11)12(15)13-5-4-8-18(3)16/h10-11H,4-9H2,1-3H3,(H,13,15)/t11-,18+/m1/s1. The molecule has 0 radical (unpaired) electrons. The smallest absolute Gasteiger partial charge is 0.317 e. The molecule has 0 spiro atoms. The van der Waals surface area contributed by atoms with Gasteiger partial charge in [0.05, 0.1) is 0 Å². The van der Waals surface area contributed by atoms with E-state index in [1.54, 1.807) is 6.26 Å². The molecule has 4 nitrogen and oxygen atoms in total. The third-order valence-corrected chi connectivity index (χ3v) is 5.41. The van der Waals surface area contributed by atoms with Crippen LogP contribution in [-0.2, 0) is 10.8 Å². The quantitative estimate of drug-likeness (QED) is 0.782. The fraction of sp³-hybridized carbons (Fsp3) is 0.917. The number of nitrogens with zero attached hydrogens (tertiary/aromatic N) is 1. The van der Waals surface area contributed by atoms with E-state index in [0.717, 1.165) is 25.3 Å². The van der Waals surface area contributed by atoms with Gasteiger partial charge >= 0.3 is 6.03 Å². The Bertz CT molecular complexity index is 298. The molecule has 0 aromatic heterocycles. The lowest BCUT2D eigenvalue weighted by Crippen LogP contribution is -2.48. The number of carbonyl (C=O) groups is 1. The van der Waals surface area contributed by atoms with Crippen LogP contribution >= 0.6 is 11.8 Å². The number of amides is 2. The van der Waals surface area contributed by atoms with Gasteiger partial charge in [0, 0.05) is 53.4 Å². The summed E-state index contributed by atoms with van der Waals surface area (Å²) in [7, 11) is -0.765. The minimum atomic E-state index is -0.765. The molecule has 1 fully saturated rings. The number of hydrogen-bond donors (Lipinski definition) is 1. The Morgan fingerprint density at radius 1 is 1.56 bits per heavy atom. The van der Waals surface area contributed by atoms with E-state index in [1.165, 1.54) is 0 Å². The summed E-state index contributed by atoms with van der Waals surface area (Å²) in [6.45, 7) is 6.70. The van der Waals surface area contributed by atoms with Crippen LogP contribution in [0.3, 0.4) is 0 Å². The Labute approximate surface area is 117 Å².